The van der Waals surface area contributed by atoms with Crippen molar-refractivity contribution in [1.82, 2.24) is 25.1 Å². The number of benzene rings is 1. The Morgan fingerprint density at radius 2 is 2.07 bits per heavy atom. The van der Waals surface area contributed by atoms with Crippen molar-refractivity contribution < 1.29 is 9.53 Å². The van der Waals surface area contributed by atoms with Gasteiger partial charge in [0.05, 0.1) is 13.0 Å². The molecule has 1 aromatic carbocycles. The van der Waals surface area contributed by atoms with Crippen molar-refractivity contribution in [3.63, 3.8) is 0 Å². The van der Waals surface area contributed by atoms with Gasteiger partial charge in [-0.05, 0) is 43.0 Å². The maximum Gasteiger partial charge on any atom is 0.224 e. The maximum absolute atomic E-state index is 12.7. The van der Waals surface area contributed by atoms with E-state index < -0.39 is 0 Å². The van der Waals surface area contributed by atoms with Crippen LogP contribution in [-0.4, -0.2) is 52.4 Å². The predicted octanol–water partition coefficient (Wildman–Crippen LogP) is 2.25. The molecule has 0 spiro atoms. The van der Waals surface area contributed by atoms with Crippen LogP contribution in [0, 0.1) is 5.92 Å². The molecule has 1 aliphatic heterocycles. The highest BCUT2D eigenvalue weighted by molar-refractivity contribution is 5.79. The number of hydrogen-bond donors (Lipinski definition) is 1. The van der Waals surface area contributed by atoms with E-state index in [1.807, 2.05) is 42.6 Å². The predicted molar refractivity (Wildman–Crippen MR) is 114 cm³/mol. The van der Waals surface area contributed by atoms with Gasteiger partial charge in [-0.1, -0.05) is 12.1 Å². The molecule has 0 bridgehead atoms. The third-order valence-electron chi connectivity index (χ3n) is 5.37. The zero-order valence-corrected chi connectivity index (χ0v) is 17.1. The lowest BCUT2D eigenvalue weighted by Gasteiger charge is -2.32. The molecule has 1 N–H and O–H groups in total. The van der Waals surface area contributed by atoms with Gasteiger partial charge in [0.1, 0.15) is 17.9 Å². The first-order valence-electron chi connectivity index (χ1n) is 10.2. The highest BCUT2D eigenvalue weighted by Crippen LogP contribution is 2.22. The fraction of sp³-hybridized carbons (Fsp3) is 0.364. The first kappa shape index (κ1) is 19.9. The zero-order valence-electron chi connectivity index (χ0n) is 17.1. The Morgan fingerprint density at radius 1 is 1.23 bits per heavy atom. The van der Waals surface area contributed by atoms with Gasteiger partial charge in [0.25, 0.3) is 0 Å². The zero-order chi connectivity index (χ0) is 20.8. The van der Waals surface area contributed by atoms with Crippen LogP contribution in [0.1, 0.15) is 18.4 Å². The third-order valence-corrected chi connectivity index (χ3v) is 5.37. The van der Waals surface area contributed by atoms with E-state index in [0.29, 0.717) is 13.1 Å². The smallest absolute Gasteiger partial charge is 0.224 e. The van der Waals surface area contributed by atoms with Crippen molar-refractivity contribution in [2.75, 3.05) is 31.6 Å². The minimum Gasteiger partial charge on any atom is -0.497 e. The van der Waals surface area contributed by atoms with Gasteiger partial charge < -0.3 is 15.0 Å². The Bertz CT molecular complexity index is 958. The van der Waals surface area contributed by atoms with Crippen LogP contribution in [0.3, 0.4) is 0 Å². The summed E-state index contributed by atoms with van der Waals surface area (Å²) in [6.07, 6.45) is 7.76. The summed E-state index contributed by atoms with van der Waals surface area (Å²) in [5.41, 5.74) is 1.17. The Balaban J connectivity index is 1.32. The Hall–Kier alpha value is -3.42. The Morgan fingerprint density at radius 3 is 2.83 bits per heavy atom. The van der Waals surface area contributed by atoms with Crippen LogP contribution >= 0.6 is 0 Å². The van der Waals surface area contributed by atoms with Gasteiger partial charge in [-0.3, -0.25) is 4.79 Å². The van der Waals surface area contributed by atoms with Gasteiger partial charge >= 0.3 is 0 Å². The number of amides is 1. The lowest BCUT2D eigenvalue weighted by atomic mass is 9.97. The lowest BCUT2D eigenvalue weighted by Crippen LogP contribution is -2.43. The second-order valence-corrected chi connectivity index (χ2v) is 7.36. The van der Waals surface area contributed by atoms with E-state index in [4.69, 9.17) is 4.74 Å². The van der Waals surface area contributed by atoms with Crippen LogP contribution in [0.2, 0.25) is 0 Å². The van der Waals surface area contributed by atoms with Gasteiger partial charge in [-0.25, -0.2) is 14.6 Å². The van der Waals surface area contributed by atoms with Crippen molar-refractivity contribution in [2.45, 2.75) is 19.3 Å². The van der Waals surface area contributed by atoms with Crippen molar-refractivity contribution in [1.29, 1.82) is 0 Å². The molecule has 30 heavy (non-hydrogen) atoms. The van der Waals surface area contributed by atoms with Crippen molar-refractivity contribution in [3.05, 3.63) is 60.7 Å². The highest BCUT2D eigenvalue weighted by atomic mass is 16.5. The fourth-order valence-corrected chi connectivity index (χ4v) is 3.71. The summed E-state index contributed by atoms with van der Waals surface area (Å²) in [5, 5.41) is 7.31. The summed E-state index contributed by atoms with van der Waals surface area (Å²) in [5.74, 6) is 2.44. The molecular formula is C22H26N6O2. The monoisotopic (exact) mass is 406 g/mol. The minimum absolute atomic E-state index is 0.0438. The molecule has 1 fully saturated rings. The number of carbonyl (C=O) groups excluding carboxylic acids is 1. The lowest BCUT2D eigenvalue weighted by molar-refractivity contribution is -0.125. The Kier molecular flexibility index (Phi) is 6.22. The second kappa shape index (κ2) is 9.39. The van der Waals surface area contributed by atoms with Gasteiger partial charge in [0, 0.05) is 38.1 Å². The number of rotatable bonds is 7. The SMILES string of the molecule is COc1ccc(CCNC(=O)C2CCCN(c3cc(-n4cccn4)ncn3)C2)cc1. The average molecular weight is 406 g/mol. The molecule has 4 rings (SSSR count). The largest absolute Gasteiger partial charge is 0.497 e. The van der Waals surface area contributed by atoms with Gasteiger partial charge in [-0.15, -0.1) is 0 Å². The molecule has 0 aliphatic carbocycles. The van der Waals surface area contributed by atoms with E-state index in [1.165, 1.54) is 5.56 Å². The first-order chi connectivity index (χ1) is 14.7. The van der Waals surface area contributed by atoms with E-state index >= 15 is 0 Å². The van der Waals surface area contributed by atoms with E-state index in [0.717, 1.165) is 43.2 Å². The first-order valence-corrected chi connectivity index (χ1v) is 10.2. The minimum atomic E-state index is -0.0438. The summed E-state index contributed by atoms with van der Waals surface area (Å²) in [4.78, 5) is 23.6. The Labute approximate surface area is 175 Å². The fourth-order valence-electron chi connectivity index (χ4n) is 3.71. The molecule has 0 radical (unpaired) electrons. The molecule has 1 unspecified atom stereocenters. The van der Waals surface area contributed by atoms with Crippen LogP contribution in [-0.2, 0) is 11.2 Å². The van der Waals surface area contributed by atoms with E-state index in [-0.39, 0.29) is 11.8 Å². The summed E-state index contributed by atoms with van der Waals surface area (Å²) in [6, 6.07) is 11.7. The van der Waals surface area contributed by atoms with Gasteiger partial charge in [-0.2, -0.15) is 5.10 Å². The number of aromatic nitrogens is 4. The number of piperidine rings is 1. The molecule has 2 aromatic heterocycles. The molecule has 0 saturated carbocycles. The molecule has 8 heteroatoms. The number of ether oxygens (including phenoxy) is 1. The third kappa shape index (κ3) is 4.76. The van der Waals surface area contributed by atoms with Gasteiger partial charge in [0.15, 0.2) is 5.82 Å². The number of nitrogens with one attached hydrogen (secondary N) is 1. The summed E-state index contributed by atoms with van der Waals surface area (Å²) >= 11 is 0. The molecule has 8 nitrogen and oxygen atoms in total. The van der Waals surface area contributed by atoms with Gasteiger partial charge in [0.2, 0.25) is 5.91 Å². The number of anilines is 1. The quantitative estimate of drug-likeness (QED) is 0.648. The van der Waals surface area contributed by atoms with E-state index in [9.17, 15) is 4.79 Å². The second-order valence-electron chi connectivity index (χ2n) is 7.36. The molecule has 1 amide bonds. The topological polar surface area (TPSA) is 85.2 Å². The molecule has 156 valence electrons. The molecule has 1 aliphatic rings. The molecule has 3 heterocycles. The maximum atomic E-state index is 12.7. The summed E-state index contributed by atoms with van der Waals surface area (Å²) in [6.45, 7) is 2.16. The van der Waals surface area contributed by atoms with Crippen LogP contribution in [0.25, 0.3) is 5.82 Å². The summed E-state index contributed by atoms with van der Waals surface area (Å²) < 4.78 is 6.88. The number of methoxy groups -OCH3 is 1. The number of hydrogen-bond acceptors (Lipinski definition) is 6. The number of nitrogens with zero attached hydrogens (tertiary/aromatic N) is 5. The highest BCUT2D eigenvalue weighted by Gasteiger charge is 2.26. The molecule has 1 atom stereocenters. The molecule has 3 aromatic rings. The van der Waals surface area contributed by atoms with Crippen molar-refractivity contribution >= 4 is 11.7 Å². The van der Waals surface area contributed by atoms with Crippen LogP contribution in [0.4, 0.5) is 5.82 Å². The average Bonchev–Trinajstić information content (AvgIpc) is 3.35. The van der Waals surface area contributed by atoms with Crippen LogP contribution in [0.15, 0.2) is 55.1 Å². The molecular weight excluding hydrogens is 380 g/mol. The molecule has 1 saturated heterocycles. The van der Waals surface area contributed by atoms with E-state index in [2.05, 4.69) is 25.3 Å². The van der Waals surface area contributed by atoms with E-state index in [1.54, 1.807) is 24.3 Å². The normalized spacial score (nSPS) is 16.3. The van der Waals surface area contributed by atoms with Crippen LogP contribution in [0.5, 0.6) is 5.75 Å². The van der Waals surface area contributed by atoms with Crippen LogP contribution < -0.4 is 15.0 Å². The standard InChI is InChI=1S/C22H26N6O2/c1-30-19-7-5-17(6-8-19)9-11-23-22(29)18-4-2-12-27(15-18)20-14-21(25-16-24-20)28-13-3-10-26-28/h3,5-8,10,13-14,16,18H,2,4,9,11-12,15H2,1H3,(H,23,29). The van der Waals surface area contributed by atoms with Crippen molar-refractivity contribution in [2.24, 2.45) is 5.92 Å². The summed E-state index contributed by atoms with van der Waals surface area (Å²) in [7, 11) is 1.66. The number of carbonyl (C=O) groups is 1. The van der Waals surface area contributed by atoms with Crippen molar-refractivity contribution in [3.8, 4) is 11.6 Å².